The Bertz CT molecular complexity index is 460. The van der Waals surface area contributed by atoms with Gasteiger partial charge in [-0.15, -0.1) is 0 Å². The Morgan fingerprint density at radius 3 is 2.64 bits per heavy atom. The van der Waals surface area contributed by atoms with E-state index in [1.165, 1.54) is 17.9 Å². The largest absolute Gasteiger partial charge is 0.476 e. The van der Waals surface area contributed by atoms with Crippen LogP contribution in [0.1, 0.15) is 16.1 Å². The van der Waals surface area contributed by atoms with Crippen molar-refractivity contribution in [3.8, 4) is 0 Å². The van der Waals surface area contributed by atoms with Gasteiger partial charge in [0.2, 0.25) is 0 Å². The van der Waals surface area contributed by atoms with Gasteiger partial charge in [-0.3, -0.25) is 4.68 Å². The molecule has 0 aliphatic heterocycles. The highest BCUT2D eigenvalue weighted by Gasteiger charge is 2.17. The van der Waals surface area contributed by atoms with Crippen molar-refractivity contribution in [2.75, 3.05) is 6.26 Å². The summed E-state index contributed by atoms with van der Waals surface area (Å²) in [4.78, 5) is 10.7. The summed E-state index contributed by atoms with van der Waals surface area (Å²) in [6, 6.07) is 0. The van der Waals surface area contributed by atoms with Crippen molar-refractivity contribution < 1.29 is 18.3 Å². The van der Waals surface area contributed by atoms with Gasteiger partial charge in [0.25, 0.3) is 0 Å². The fourth-order valence-electron chi connectivity index (χ4n) is 1.11. The Kier molecular flexibility index (Phi) is 2.61. The van der Waals surface area contributed by atoms with Gasteiger partial charge < -0.3 is 5.11 Å². The summed E-state index contributed by atoms with van der Waals surface area (Å²) < 4.78 is 23.2. The quantitative estimate of drug-likeness (QED) is 0.749. The normalized spacial score (nSPS) is 11.6. The van der Waals surface area contributed by atoms with Crippen molar-refractivity contribution >= 4 is 15.8 Å². The Hall–Kier alpha value is -1.37. The number of hydrogen-bond donors (Lipinski definition) is 1. The molecular weight excluding hydrogens is 208 g/mol. The molecule has 14 heavy (non-hydrogen) atoms. The molecule has 0 aliphatic rings. The molecule has 0 saturated heterocycles. The van der Waals surface area contributed by atoms with E-state index in [2.05, 4.69) is 5.10 Å². The maximum atomic E-state index is 11.0. The van der Waals surface area contributed by atoms with Gasteiger partial charge in [0.15, 0.2) is 15.5 Å². The van der Waals surface area contributed by atoms with Gasteiger partial charge in [-0.05, 0) is 0 Å². The lowest BCUT2D eigenvalue weighted by Crippen LogP contribution is -2.06. The average Bonchev–Trinajstić information content (AvgIpc) is 2.27. The molecule has 0 radical (unpaired) electrons. The van der Waals surface area contributed by atoms with E-state index in [1.807, 2.05) is 0 Å². The lowest BCUT2D eigenvalue weighted by Gasteiger charge is -1.95. The third-order valence-electron chi connectivity index (χ3n) is 1.52. The second-order valence-electron chi connectivity index (χ2n) is 3.05. The molecule has 1 N–H and O–H groups in total. The van der Waals surface area contributed by atoms with E-state index in [0.717, 1.165) is 6.26 Å². The molecule has 0 aliphatic carbocycles. The number of sulfone groups is 1. The minimum atomic E-state index is -3.24. The van der Waals surface area contributed by atoms with Crippen LogP contribution in [0.3, 0.4) is 0 Å². The van der Waals surface area contributed by atoms with Crippen LogP contribution in [-0.2, 0) is 22.6 Å². The maximum Gasteiger partial charge on any atom is 0.356 e. The Morgan fingerprint density at radius 2 is 2.21 bits per heavy atom. The summed E-state index contributed by atoms with van der Waals surface area (Å²) in [7, 11) is -1.70. The van der Waals surface area contributed by atoms with Gasteiger partial charge in [0.05, 0.1) is 5.75 Å². The van der Waals surface area contributed by atoms with Gasteiger partial charge >= 0.3 is 5.97 Å². The zero-order valence-corrected chi connectivity index (χ0v) is 8.58. The predicted molar refractivity (Wildman–Crippen MR) is 48.7 cm³/mol. The van der Waals surface area contributed by atoms with Crippen LogP contribution >= 0.6 is 0 Å². The summed E-state index contributed by atoms with van der Waals surface area (Å²) in [5.41, 5.74) is 0.000394. The third-order valence-corrected chi connectivity index (χ3v) is 2.36. The summed E-state index contributed by atoms with van der Waals surface area (Å²) in [5.74, 6) is -1.52. The number of carboxylic acids is 1. The van der Waals surface area contributed by atoms with Crippen LogP contribution in [0.5, 0.6) is 0 Å². The zero-order valence-electron chi connectivity index (χ0n) is 7.76. The monoisotopic (exact) mass is 218 g/mol. The first kappa shape index (κ1) is 10.7. The number of hydrogen-bond acceptors (Lipinski definition) is 4. The van der Waals surface area contributed by atoms with Crippen molar-refractivity contribution in [3.63, 3.8) is 0 Å². The Morgan fingerprint density at radius 1 is 1.64 bits per heavy atom. The standard InChI is InChI=1S/C7H10N2O4S/c1-9-3-5(4-14(2,12)13)6(8-9)7(10)11/h3H,4H2,1-2H3,(H,10,11). The highest BCUT2D eigenvalue weighted by atomic mass is 32.2. The van der Waals surface area contributed by atoms with E-state index < -0.39 is 15.8 Å². The molecular formula is C7H10N2O4S. The number of aromatic carboxylic acids is 1. The number of aryl methyl sites for hydroxylation is 1. The molecule has 0 saturated carbocycles. The van der Waals surface area contributed by atoms with E-state index in [1.54, 1.807) is 0 Å². The SMILES string of the molecule is Cn1cc(CS(C)(=O)=O)c(C(=O)O)n1. The van der Waals surface area contributed by atoms with Crippen molar-refractivity contribution in [2.45, 2.75) is 5.75 Å². The van der Waals surface area contributed by atoms with E-state index >= 15 is 0 Å². The molecule has 0 amide bonds. The number of aromatic nitrogens is 2. The number of rotatable bonds is 3. The molecule has 0 spiro atoms. The van der Waals surface area contributed by atoms with Crippen LogP contribution in [0, 0.1) is 0 Å². The minimum Gasteiger partial charge on any atom is -0.476 e. The zero-order chi connectivity index (χ0) is 10.9. The first-order valence-corrected chi connectivity index (χ1v) is 5.79. The molecule has 1 heterocycles. The molecule has 1 rings (SSSR count). The summed E-state index contributed by atoms with van der Waals surface area (Å²) in [6.45, 7) is 0. The van der Waals surface area contributed by atoms with Gasteiger partial charge in [-0.25, -0.2) is 13.2 Å². The predicted octanol–water partition coefficient (Wildman–Crippen LogP) is -0.337. The van der Waals surface area contributed by atoms with Gasteiger partial charge in [-0.2, -0.15) is 5.10 Å². The maximum absolute atomic E-state index is 11.0. The van der Waals surface area contributed by atoms with E-state index in [4.69, 9.17) is 5.11 Å². The number of nitrogens with zero attached hydrogens (tertiary/aromatic N) is 2. The number of carbonyl (C=O) groups is 1. The molecule has 1 aromatic heterocycles. The van der Waals surface area contributed by atoms with E-state index in [0.29, 0.717) is 0 Å². The highest BCUT2D eigenvalue weighted by molar-refractivity contribution is 7.89. The number of carboxylic acid groups (broad SMARTS) is 1. The minimum absolute atomic E-state index is 0.210. The molecule has 6 nitrogen and oxygen atoms in total. The second-order valence-corrected chi connectivity index (χ2v) is 5.19. The van der Waals surface area contributed by atoms with Crippen molar-refractivity contribution in [1.82, 2.24) is 9.78 Å². The summed E-state index contributed by atoms with van der Waals surface area (Å²) in [5, 5.41) is 12.4. The molecule has 0 unspecified atom stereocenters. The molecule has 7 heteroatoms. The molecule has 0 atom stereocenters. The lowest BCUT2D eigenvalue weighted by molar-refractivity contribution is 0.0689. The average molecular weight is 218 g/mol. The van der Waals surface area contributed by atoms with Crippen LogP contribution < -0.4 is 0 Å². The fourth-order valence-corrected chi connectivity index (χ4v) is 1.88. The first-order valence-electron chi connectivity index (χ1n) is 3.73. The third kappa shape index (κ3) is 2.56. The molecule has 78 valence electrons. The fraction of sp³-hybridized carbons (Fsp3) is 0.429. The van der Waals surface area contributed by atoms with Gasteiger partial charge in [-0.1, -0.05) is 0 Å². The lowest BCUT2D eigenvalue weighted by atomic mass is 10.3. The van der Waals surface area contributed by atoms with Gasteiger partial charge in [0.1, 0.15) is 0 Å². The van der Waals surface area contributed by atoms with Crippen molar-refractivity contribution in [3.05, 3.63) is 17.5 Å². The van der Waals surface area contributed by atoms with E-state index in [-0.39, 0.29) is 17.0 Å². The smallest absolute Gasteiger partial charge is 0.356 e. The highest BCUT2D eigenvalue weighted by Crippen LogP contribution is 2.09. The summed E-state index contributed by atoms with van der Waals surface area (Å²) >= 11 is 0. The van der Waals surface area contributed by atoms with Crippen LogP contribution in [0.25, 0.3) is 0 Å². The Labute approximate surface area is 81.1 Å². The molecule has 0 fully saturated rings. The van der Waals surface area contributed by atoms with E-state index in [9.17, 15) is 13.2 Å². The van der Waals surface area contributed by atoms with Gasteiger partial charge in [0, 0.05) is 25.1 Å². The van der Waals surface area contributed by atoms with Crippen LogP contribution in [0.15, 0.2) is 6.20 Å². The van der Waals surface area contributed by atoms with Crippen LogP contribution in [0.2, 0.25) is 0 Å². The van der Waals surface area contributed by atoms with Crippen LogP contribution in [-0.4, -0.2) is 35.5 Å². The molecule has 0 bridgehead atoms. The Balaban J connectivity index is 3.14. The molecule has 0 aromatic carbocycles. The topological polar surface area (TPSA) is 89.3 Å². The van der Waals surface area contributed by atoms with Crippen LogP contribution in [0.4, 0.5) is 0 Å². The van der Waals surface area contributed by atoms with Crippen molar-refractivity contribution in [2.24, 2.45) is 7.05 Å². The second kappa shape index (κ2) is 3.41. The first-order chi connectivity index (χ1) is 6.29. The summed E-state index contributed by atoms with van der Waals surface area (Å²) in [6.07, 6.45) is 2.44. The van der Waals surface area contributed by atoms with Crippen molar-refractivity contribution in [1.29, 1.82) is 0 Å². The molecule has 1 aromatic rings.